The van der Waals surface area contributed by atoms with Crippen molar-refractivity contribution in [2.45, 2.75) is 32.7 Å². The molecular formula is C21H23N3O3. The number of aromatic nitrogens is 2. The van der Waals surface area contributed by atoms with Gasteiger partial charge in [0, 0.05) is 18.4 Å². The quantitative estimate of drug-likeness (QED) is 0.688. The van der Waals surface area contributed by atoms with Crippen LogP contribution in [0.5, 0.6) is 5.75 Å². The van der Waals surface area contributed by atoms with Gasteiger partial charge in [-0.3, -0.25) is 4.79 Å². The Morgan fingerprint density at radius 3 is 2.52 bits per heavy atom. The van der Waals surface area contributed by atoms with Crippen LogP contribution in [0.25, 0.3) is 11.4 Å². The van der Waals surface area contributed by atoms with E-state index in [1.165, 1.54) is 5.56 Å². The van der Waals surface area contributed by atoms with E-state index in [0.717, 1.165) is 16.9 Å². The normalized spacial score (nSPS) is 11.8. The molecule has 0 saturated heterocycles. The van der Waals surface area contributed by atoms with Gasteiger partial charge >= 0.3 is 0 Å². The Morgan fingerprint density at radius 2 is 1.85 bits per heavy atom. The van der Waals surface area contributed by atoms with Crippen LogP contribution in [-0.4, -0.2) is 23.2 Å². The van der Waals surface area contributed by atoms with E-state index in [-0.39, 0.29) is 18.4 Å². The number of hydrogen-bond donors (Lipinski definition) is 1. The lowest BCUT2D eigenvalue weighted by Gasteiger charge is -2.14. The predicted molar refractivity (Wildman–Crippen MR) is 102 cm³/mol. The van der Waals surface area contributed by atoms with Crippen LogP contribution in [0.15, 0.2) is 53.1 Å². The molecule has 0 saturated carbocycles. The Balaban J connectivity index is 1.52. The van der Waals surface area contributed by atoms with Crippen molar-refractivity contribution < 1.29 is 14.1 Å². The average molecular weight is 365 g/mol. The Bertz CT molecular complexity index is 886. The van der Waals surface area contributed by atoms with Gasteiger partial charge in [0.15, 0.2) is 0 Å². The van der Waals surface area contributed by atoms with E-state index in [1.54, 1.807) is 7.11 Å². The molecule has 0 aliphatic heterocycles. The Morgan fingerprint density at radius 1 is 1.15 bits per heavy atom. The minimum Gasteiger partial charge on any atom is -0.497 e. The number of carbonyl (C=O) groups is 1. The highest BCUT2D eigenvalue weighted by Crippen LogP contribution is 2.18. The summed E-state index contributed by atoms with van der Waals surface area (Å²) in [6.07, 6.45) is 0.691. The minimum atomic E-state index is -0.0887. The number of carbonyl (C=O) groups excluding carboxylic acids is 1. The van der Waals surface area contributed by atoms with Crippen molar-refractivity contribution in [2.75, 3.05) is 7.11 Å². The molecule has 6 nitrogen and oxygen atoms in total. The summed E-state index contributed by atoms with van der Waals surface area (Å²) in [7, 11) is 1.63. The molecule has 0 aliphatic rings. The lowest BCUT2D eigenvalue weighted by Crippen LogP contribution is -2.26. The van der Waals surface area contributed by atoms with Crippen LogP contribution in [0.2, 0.25) is 0 Å². The summed E-state index contributed by atoms with van der Waals surface area (Å²) in [6.45, 7) is 3.97. The molecule has 3 rings (SSSR count). The molecule has 1 amide bonds. The Labute approximate surface area is 158 Å². The van der Waals surface area contributed by atoms with Crippen molar-refractivity contribution >= 4 is 5.91 Å². The zero-order valence-electron chi connectivity index (χ0n) is 15.7. The fraction of sp³-hybridized carbons (Fsp3) is 0.286. The monoisotopic (exact) mass is 365 g/mol. The zero-order chi connectivity index (χ0) is 19.2. The number of hydrogen-bond acceptors (Lipinski definition) is 5. The van der Waals surface area contributed by atoms with Crippen LogP contribution >= 0.6 is 0 Å². The van der Waals surface area contributed by atoms with Crippen LogP contribution in [0.1, 0.15) is 36.4 Å². The molecule has 0 radical (unpaired) electrons. The number of ether oxygens (including phenoxy) is 1. The summed E-state index contributed by atoms with van der Waals surface area (Å²) in [5.41, 5.74) is 3.09. The summed E-state index contributed by atoms with van der Waals surface area (Å²) in [5, 5.41) is 6.97. The first kappa shape index (κ1) is 18.6. The third-order valence-electron chi connectivity index (χ3n) is 4.34. The van der Waals surface area contributed by atoms with Gasteiger partial charge in [-0.1, -0.05) is 47.1 Å². The van der Waals surface area contributed by atoms with Crippen molar-refractivity contribution in [3.8, 4) is 17.1 Å². The lowest BCUT2D eigenvalue weighted by atomic mass is 10.1. The maximum absolute atomic E-state index is 12.2. The molecule has 0 fully saturated rings. The van der Waals surface area contributed by atoms with Crippen LogP contribution in [0.4, 0.5) is 0 Å². The van der Waals surface area contributed by atoms with Crippen molar-refractivity contribution in [2.24, 2.45) is 0 Å². The van der Waals surface area contributed by atoms with Crippen LogP contribution < -0.4 is 10.1 Å². The number of nitrogens with zero attached hydrogens (tertiary/aromatic N) is 2. The van der Waals surface area contributed by atoms with Gasteiger partial charge in [-0.05, 0) is 31.5 Å². The number of rotatable bonds is 7. The van der Waals surface area contributed by atoms with Gasteiger partial charge in [0.25, 0.3) is 0 Å². The van der Waals surface area contributed by atoms with Crippen molar-refractivity contribution in [1.29, 1.82) is 0 Å². The first-order valence-corrected chi connectivity index (χ1v) is 8.88. The van der Waals surface area contributed by atoms with Gasteiger partial charge in [-0.2, -0.15) is 4.98 Å². The van der Waals surface area contributed by atoms with E-state index >= 15 is 0 Å². The molecule has 140 valence electrons. The number of amides is 1. The molecule has 27 heavy (non-hydrogen) atoms. The summed E-state index contributed by atoms with van der Waals surface area (Å²) >= 11 is 0. The van der Waals surface area contributed by atoms with Gasteiger partial charge in [0.1, 0.15) is 5.75 Å². The van der Waals surface area contributed by atoms with Crippen LogP contribution in [0, 0.1) is 6.92 Å². The van der Waals surface area contributed by atoms with Crippen LogP contribution in [-0.2, 0) is 11.2 Å². The van der Waals surface area contributed by atoms with Crippen LogP contribution in [0.3, 0.4) is 0 Å². The fourth-order valence-corrected chi connectivity index (χ4v) is 2.69. The minimum absolute atomic E-state index is 0.0617. The number of methoxy groups -OCH3 is 1. The SMILES string of the molecule is COc1ccc(C(C)NC(=O)CCc2nc(-c3ccc(C)cc3)no2)cc1. The second-order valence-electron chi connectivity index (χ2n) is 6.44. The van der Waals surface area contributed by atoms with E-state index in [1.807, 2.05) is 62.4 Å². The number of aryl methyl sites for hydroxylation is 2. The highest BCUT2D eigenvalue weighted by Gasteiger charge is 2.13. The van der Waals surface area contributed by atoms with Gasteiger partial charge in [0.05, 0.1) is 13.2 Å². The van der Waals surface area contributed by atoms with E-state index in [9.17, 15) is 4.79 Å². The number of benzene rings is 2. The topological polar surface area (TPSA) is 77.2 Å². The third-order valence-corrected chi connectivity index (χ3v) is 4.34. The molecule has 0 bridgehead atoms. The van der Waals surface area contributed by atoms with E-state index in [4.69, 9.17) is 9.26 Å². The molecular weight excluding hydrogens is 342 g/mol. The first-order chi connectivity index (χ1) is 13.0. The summed E-state index contributed by atoms with van der Waals surface area (Å²) in [5.74, 6) is 1.72. The van der Waals surface area contributed by atoms with E-state index in [0.29, 0.717) is 18.1 Å². The van der Waals surface area contributed by atoms with Crippen molar-refractivity contribution in [3.05, 3.63) is 65.5 Å². The molecule has 1 heterocycles. The molecule has 0 spiro atoms. The highest BCUT2D eigenvalue weighted by atomic mass is 16.5. The van der Waals surface area contributed by atoms with Gasteiger partial charge < -0.3 is 14.6 Å². The average Bonchev–Trinajstić information content (AvgIpc) is 3.16. The van der Waals surface area contributed by atoms with Crippen molar-refractivity contribution in [3.63, 3.8) is 0 Å². The molecule has 1 atom stereocenters. The first-order valence-electron chi connectivity index (χ1n) is 8.88. The third kappa shape index (κ3) is 4.94. The van der Waals surface area contributed by atoms with Gasteiger partial charge in [-0.25, -0.2) is 0 Å². The van der Waals surface area contributed by atoms with Gasteiger partial charge in [-0.15, -0.1) is 0 Å². The maximum Gasteiger partial charge on any atom is 0.227 e. The summed E-state index contributed by atoms with van der Waals surface area (Å²) < 4.78 is 10.4. The molecule has 0 aliphatic carbocycles. The summed E-state index contributed by atoms with van der Waals surface area (Å²) in [4.78, 5) is 16.6. The highest BCUT2D eigenvalue weighted by molar-refractivity contribution is 5.76. The predicted octanol–water partition coefficient (Wildman–Crippen LogP) is 3.86. The molecule has 6 heteroatoms. The van der Waals surface area contributed by atoms with E-state index < -0.39 is 0 Å². The Kier molecular flexibility index (Phi) is 5.86. The largest absolute Gasteiger partial charge is 0.497 e. The van der Waals surface area contributed by atoms with Crippen molar-refractivity contribution in [1.82, 2.24) is 15.5 Å². The molecule has 2 aromatic carbocycles. The number of nitrogens with one attached hydrogen (secondary N) is 1. The standard InChI is InChI=1S/C21H23N3O3/c1-14-4-6-17(7-5-14)21-23-20(27-24-21)13-12-19(25)22-15(2)16-8-10-18(26-3)11-9-16/h4-11,15H,12-13H2,1-3H3,(H,22,25). The molecule has 3 aromatic rings. The smallest absolute Gasteiger partial charge is 0.227 e. The lowest BCUT2D eigenvalue weighted by molar-refractivity contribution is -0.121. The van der Waals surface area contributed by atoms with E-state index in [2.05, 4.69) is 15.5 Å². The summed E-state index contributed by atoms with van der Waals surface area (Å²) in [6, 6.07) is 15.4. The molecule has 1 unspecified atom stereocenters. The van der Waals surface area contributed by atoms with Gasteiger partial charge in [0.2, 0.25) is 17.6 Å². The molecule has 1 N–H and O–H groups in total. The maximum atomic E-state index is 12.2. The zero-order valence-corrected chi connectivity index (χ0v) is 15.7. The second-order valence-corrected chi connectivity index (χ2v) is 6.44. The fourth-order valence-electron chi connectivity index (χ4n) is 2.69. The molecule has 1 aromatic heterocycles. The second kappa shape index (κ2) is 8.49. The Hall–Kier alpha value is -3.15.